The number of carbonyl (C=O) groups is 2. The van der Waals surface area contributed by atoms with Crippen molar-refractivity contribution in [2.24, 2.45) is 0 Å². The fraction of sp³-hybridized carbons (Fsp3) is 0.318. The highest BCUT2D eigenvalue weighted by molar-refractivity contribution is 7.89. The lowest BCUT2D eigenvalue weighted by molar-refractivity contribution is -0.139. The number of aryl methyl sites for hydroxylation is 1. The number of carboxylic acid groups (broad SMARTS) is 1. The summed E-state index contributed by atoms with van der Waals surface area (Å²) in [4.78, 5) is 25.0. The number of aliphatic carboxylic acids is 1. The Labute approximate surface area is 212 Å². The molecule has 1 aromatic heterocycles. The number of sulfonamides is 1. The first-order chi connectivity index (χ1) is 16.6. The van der Waals surface area contributed by atoms with Crippen LogP contribution < -0.4 is 4.72 Å². The molecule has 186 valence electrons. The van der Waals surface area contributed by atoms with Crippen molar-refractivity contribution >= 4 is 45.0 Å². The Hall–Kier alpha value is -2.86. The molecule has 1 unspecified atom stereocenters. The van der Waals surface area contributed by atoms with Gasteiger partial charge in [-0.2, -0.15) is 4.80 Å². The smallest absolute Gasteiger partial charge is 0.305 e. The standard InChI is InChI=1S/C22H23Cl2N5O5S/c23-17-9-4-10-18(24)16(17)12-21-25-28-29(26-21)14-20(30)19(13-22(31)32)27-35(33,34)11-5-8-15-6-2-1-3-7-15/h1-4,6-7,9-10,19,27H,5,8,11-14H2,(H,31,32). The molecule has 0 saturated carbocycles. The fourth-order valence-corrected chi connectivity index (χ4v) is 5.13. The van der Waals surface area contributed by atoms with Crippen LogP contribution in [0, 0.1) is 0 Å². The van der Waals surface area contributed by atoms with Crippen LogP contribution in [0.3, 0.4) is 0 Å². The summed E-state index contributed by atoms with van der Waals surface area (Å²) in [6.07, 6.45) is 0.291. The van der Waals surface area contributed by atoms with Gasteiger partial charge in [0.25, 0.3) is 0 Å². The molecule has 1 heterocycles. The number of aromatic nitrogens is 4. The van der Waals surface area contributed by atoms with Gasteiger partial charge in [-0.05, 0) is 41.3 Å². The molecule has 0 radical (unpaired) electrons. The number of carbonyl (C=O) groups excluding carboxylic acids is 1. The Morgan fingerprint density at radius 3 is 2.40 bits per heavy atom. The van der Waals surface area contributed by atoms with Crippen molar-refractivity contribution < 1.29 is 23.1 Å². The molecule has 13 heteroatoms. The molecular weight excluding hydrogens is 517 g/mol. The number of tetrazole rings is 1. The van der Waals surface area contributed by atoms with E-state index in [9.17, 15) is 23.1 Å². The van der Waals surface area contributed by atoms with Gasteiger partial charge in [0.05, 0.1) is 18.2 Å². The van der Waals surface area contributed by atoms with Gasteiger partial charge >= 0.3 is 5.97 Å². The average molecular weight is 540 g/mol. The summed E-state index contributed by atoms with van der Waals surface area (Å²) in [7, 11) is -3.91. The Balaban J connectivity index is 1.61. The van der Waals surface area contributed by atoms with Crippen molar-refractivity contribution in [3.05, 3.63) is 75.5 Å². The first-order valence-electron chi connectivity index (χ1n) is 10.6. The summed E-state index contributed by atoms with van der Waals surface area (Å²) in [5.41, 5.74) is 1.57. The molecule has 2 aromatic carbocycles. The first kappa shape index (κ1) is 26.7. The van der Waals surface area contributed by atoms with E-state index < -0.39 is 40.8 Å². The fourth-order valence-electron chi connectivity index (χ4n) is 3.31. The third kappa shape index (κ3) is 8.39. The van der Waals surface area contributed by atoms with Crippen molar-refractivity contribution in [1.82, 2.24) is 24.9 Å². The number of hydrogen-bond donors (Lipinski definition) is 2. The zero-order valence-corrected chi connectivity index (χ0v) is 20.8. The first-order valence-corrected chi connectivity index (χ1v) is 13.0. The van der Waals surface area contributed by atoms with E-state index >= 15 is 0 Å². The lowest BCUT2D eigenvalue weighted by atomic mass is 10.1. The van der Waals surface area contributed by atoms with Crippen LogP contribution in [-0.2, 0) is 39.0 Å². The van der Waals surface area contributed by atoms with E-state index in [1.807, 2.05) is 30.3 Å². The van der Waals surface area contributed by atoms with Gasteiger partial charge in [-0.15, -0.1) is 10.2 Å². The number of Topliss-reactive ketones (excluding diaryl/α,β-unsaturated/α-hetero) is 1. The number of hydrogen-bond acceptors (Lipinski definition) is 7. The quantitative estimate of drug-likeness (QED) is 0.337. The van der Waals surface area contributed by atoms with Crippen LogP contribution in [-0.4, -0.2) is 57.3 Å². The minimum atomic E-state index is -3.91. The van der Waals surface area contributed by atoms with Crippen LogP contribution in [0.4, 0.5) is 0 Å². The van der Waals surface area contributed by atoms with Crippen molar-refractivity contribution in [3.63, 3.8) is 0 Å². The molecule has 0 aliphatic rings. The molecule has 0 aliphatic carbocycles. The van der Waals surface area contributed by atoms with Crippen molar-refractivity contribution in [2.45, 2.75) is 38.3 Å². The highest BCUT2D eigenvalue weighted by Crippen LogP contribution is 2.25. The van der Waals surface area contributed by atoms with E-state index in [1.54, 1.807) is 18.2 Å². The summed E-state index contributed by atoms with van der Waals surface area (Å²) >= 11 is 12.3. The van der Waals surface area contributed by atoms with Gasteiger partial charge < -0.3 is 5.11 Å². The largest absolute Gasteiger partial charge is 0.481 e. The second-order valence-corrected chi connectivity index (χ2v) is 10.4. The summed E-state index contributed by atoms with van der Waals surface area (Å²) < 4.78 is 27.2. The van der Waals surface area contributed by atoms with Crippen LogP contribution in [0.15, 0.2) is 48.5 Å². The number of nitrogens with one attached hydrogen (secondary N) is 1. The van der Waals surface area contributed by atoms with E-state index in [-0.39, 0.29) is 18.0 Å². The minimum absolute atomic E-state index is 0.166. The zero-order chi connectivity index (χ0) is 25.4. The maximum atomic E-state index is 12.7. The summed E-state index contributed by atoms with van der Waals surface area (Å²) in [5, 5.41) is 21.8. The van der Waals surface area contributed by atoms with Gasteiger partial charge in [0.15, 0.2) is 11.6 Å². The number of carboxylic acids is 1. The molecule has 0 bridgehead atoms. The van der Waals surface area contributed by atoms with E-state index in [2.05, 4.69) is 20.1 Å². The third-order valence-electron chi connectivity index (χ3n) is 5.00. The molecule has 35 heavy (non-hydrogen) atoms. The molecule has 3 aromatic rings. The lowest BCUT2D eigenvalue weighted by Crippen LogP contribution is -2.44. The van der Waals surface area contributed by atoms with Crippen LogP contribution >= 0.6 is 23.2 Å². The van der Waals surface area contributed by atoms with Gasteiger partial charge in [-0.3, -0.25) is 9.59 Å². The average Bonchev–Trinajstić information content (AvgIpc) is 3.23. The second-order valence-electron chi connectivity index (χ2n) is 7.76. The highest BCUT2D eigenvalue weighted by Gasteiger charge is 2.27. The monoisotopic (exact) mass is 539 g/mol. The number of ketones is 1. The molecular formula is C22H23Cl2N5O5S. The molecule has 2 N–H and O–H groups in total. The zero-order valence-electron chi connectivity index (χ0n) is 18.5. The van der Waals surface area contributed by atoms with E-state index in [0.717, 1.165) is 10.4 Å². The van der Waals surface area contributed by atoms with Gasteiger partial charge in [0.2, 0.25) is 10.0 Å². The number of rotatable bonds is 13. The predicted octanol–water partition coefficient (Wildman–Crippen LogP) is 2.54. The van der Waals surface area contributed by atoms with Crippen molar-refractivity contribution in [2.75, 3.05) is 5.75 Å². The molecule has 1 atom stereocenters. The molecule has 0 saturated heterocycles. The molecule has 3 rings (SSSR count). The highest BCUT2D eigenvalue weighted by atomic mass is 35.5. The maximum absolute atomic E-state index is 12.7. The van der Waals surface area contributed by atoms with E-state index in [1.165, 1.54) is 0 Å². The molecule has 0 aliphatic heterocycles. The Morgan fingerprint density at radius 1 is 1.06 bits per heavy atom. The van der Waals surface area contributed by atoms with Gasteiger partial charge in [0, 0.05) is 16.5 Å². The summed E-state index contributed by atoms with van der Waals surface area (Å²) in [6.45, 7) is -0.465. The van der Waals surface area contributed by atoms with Crippen molar-refractivity contribution in [1.29, 1.82) is 0 Å². The van der Waals surface area contributed by atoms with Crippen LogP contribution in [0.5, 0.6) is 0 Å². The summed E-state index contributed by atoms with van der Waals surface area (Å²) in [6, 6.07) is 12.9. The number of nitrogens with zero attached hydrogens (tertiary/aromatic N) is 4. The second kappa shape index (κ2) is 12.2. The molecule has 10 nitrogen and oxygen atoms in total. The van der Waals surface area contributed by atoms with Crippen molar-refractivity contribution in [3.8, 4) is 0 Å². The van der Waals surface area contributed by atoms with Crippen LogP contribution in [0.1, 0.15) is 29.8 Å². The normalized spacial score (nSPS) is 12.4. The van der Waals surface area contributed by atoms with Gasteiger partial charge in [-0.1, -0.05) is 59.6 Å². The van der Waals surface area contributed by atoms with Gasteiger partial charge in [-0.25, -0.2) is 13.1 Å². The van der Waals surface area contributed by atoms with E-state index in [0.29, 0.717) is 28.5 Å². The molecule has 0 amide bonds. The number of halogens is 2. The topological polar surface area (TPSA) is 144 Å². The predicted molar refractivity (Wildman–Crippen MR) is 130 cm³/mol. The molecule has 0 spiro atoms. The minimum Gasteiger partial charge on any atom is -0.481 e. The van der Waals surface area contributed by atoms with E-state index in [4.69, 9.17) is 23.2 Å². The number of benzene rings is 2. The SMILES string of the molecule is O=C(O)CC(NS(=O)(=O)CCCc1ccccc1)C(=O)Cn1nnc(Cc2c(Cl)cccc2Cl)n1. The summed E-state index contributed by atoms with van der Waals surface area (Å²) in [5.74, 6) is -2.05. The Morgan fingerprint density at radius 2 is 1.74 bits per heavy atom. The van der Waals surface area contributed by atoms with Crippen LogP contribution in [0.2, 0.25) is 10.0 Å². The molecule has 0 fully saturated rings. The Bertz CT molecular complexity index is 1260. The van der Waals surface area contributed by atoms with Gasteiger partial charge in [0.1, 0.15) is 6.54 Å². The maximum Gasteiger partial charge on any atom is 0.305 e. The Kier molecular flexibility index (Phi) is 9.33. The lowest BCUT2D eigenvalue weighted by Gasteiger charge is -2.15. The third-order valence-corrected chi connectivity index (χ3v) is 7.18. The van der Waals surface area contributed by atoms with Crippen LogP contribution in [0.25, 0.3) is 0 Å².